The van der Waals surface area contributed by atoms with Crippen LogP contribution in [0.25, 0.3) is 17.0 Å². The smallest absolute Gasteiger partial charge is 0.408 e. The molecule has 0 unspecified atom stereocenters. The highest BCUT2D eigenvalue weighted by atomic mass is 16.6. The maximum absolute atomic E-state index is 12.1. The Morgan fingerprint density at radius 3 is 2.45 bits per heavy atom. The number of para-hydroxylation sites is 1. The Balaban J connectivity index is 1.80. The summed E-state index contributed by atoms with van der Waals surface area (Å²) in [4.78, 5) is 23.9. The summed E-state index contributed by atoms with van der Waals surface area (Å²) in [5.41, 5.74) is 2.28. The van der Waals surface area contributed by atoms with Crippen LogP contribution < -0.4 is 5.32 Å². The molecule has 0 radical (unpaired) electrons. The minimum Gasteiger partial charge on any atom is -0.480 e. The average Bonchev–Trinajstić information content (AvgIpc) is 3.04. The number of hydrogen-bond acceptors (Lipinski definition) is 3. The number of benzene rings is 2. The number of amides is 1. The number of hydrogen-bond donors (Lipinski definition) is 2. The van der Waals surface area contributed by atoms with E-state index in [4.69, 9.17) is 4.74 Å². The van der Waals surface area contributed by atoms with E-state index in [0.29, 0.717) is 6.54 Å². The predicted molar refractivity (Wildman–Crippen MR) is 122 cm³/mol. The quantitative estimate of drug-likeness (QED) is 0.571. The third kappa shape index (κ3) is 6.22. The molecule has 1 amide bonds. The number of aliphatic carboxylic acids is 1. The van der Waals surface area contributed by atoms with Crippen LogP contribution in [0.3, 0.4) is 0 Å². The van der Waals surface area contributed by atoms with Crippen LogP contribution in [-0.4, -0.2) is 33.4 Å². The van der Waals surface area contributed by atoms with Gasteiger partial charge in [0, 0.05) is 30.1 Å². The molecule has 1 heterocycles. The van der Waals surface area contributed by atoms with E-state index in [1.807, 2.05) is 60.8 Å². The Kier molecular flexibility index (Phi) is 6.80. The lowest BCUT2D eigenvalue weighted by atomic mass is 10.1. The second-order valence-electron chi connectivity index (χ2n) is 8.38. The molecular formula is C25H28N2O4. The highest BCUT2D eigenvalue weighted by Crippen LogP contribution is 2.23. The lowest BCUT2D eigenvalue weighted by Gasteiger charge is -2.22. The van der Waals surface area contributed by atoms with E-state index in [1.165, 1.54) is 0 Å². The number of nitrogens with zero attached hydrogens (tertiary/aromatic N) is 1. The van der Waals surface area contributed by atoms with Gasteiger partial charge in [0.15, 0.2) is 0 Å². The van der Waals surface area contributed by atoms with Crippen LogP contribution >= 0.6 is 0 Å². The van der Waals surface area contributed by atoms with Crippen molar-refractivity contribution in [3.63, 3.8) is 0 Å². The predicted octanol–water partition coefficient (Wildman–Crippen LogP) is 4.88. The first kappa shape index (κ1) is 22.2. The topological polar surface area (TPSA) is 80.6 Å². The van der Waals surface area contributed by atoms with Crippen molar-refractivity contribution in [2.24, 2.45) is 0 Å². The number of carboxylic acids is 1. The van der Waals surface area contributed by atoms with Crippen molar-refractivity contribution >= 4 is 29.0 Å². The number of nitrogens with one attached hydrogen (secondary N) is 1. The summed E-state index contributed by atoms with van der Waals surface area (Å²) in [6.45, 7) is 5.85. The number of allylic oxidation sites excluding steroid dienone is 1. The minimum absolute atomic E-state index is 0.157. The number of rotatable bonds is 7. The molecule has 0 aliphatic rings. The van der Waals surface area contributed by atoms with Crippen molar-refractivity contribution < 1.29 is 19.4 Å². The van der Waals surface area contributed by atoms with Crippen molar-refractivity contribution in [1.29, 1.82) is 0 Å². The molecule has 2 aromatic carbocycles. The zero-order chi connectivity index (χ0) is 22.4. The summed E-state index contributed by atoms with van der Waals surface area (Å²) in [6.07, 6.45) is 5.49. The first-order chi connectivity index (χ1) is 14.7. The van der Waals surface area contributed by atoms with Crippen molar-refractivity contribution in [3.05, 3.63) is 78.0 Å². The fraction of sp³-hybridized carbons (Fsp3) is 0.280. The first-order valence-corrected chi connectivity index (χ1v) is 10.2. The zero-order valence-electron chi connectivity index (χ0n) is 18.0. The molecule has 0 saturated carbocycles. The summed E-state index contributed by atoms with van der Waals surface area (Å²) >= 11 is 0. The molecule has 6 heteroatoms. The zero-order valence-corrected chi connectivity index (χ0v) is 18.0. The maximum Gasteiger partial charge on any atom is 0.408 e. The standard InChI is InChI=1S/C25H28N2O4/c1-25(2,3)31-24(30)26-21(23(28)29)16-19-17-27(22-14-8-7-13-20(19)22)15-9-12-18-10-5-4-6-11-18/h4-14,17,21H,15-16H2,1-3H3,(H,26,30)(H,28,29)/t21-/m1/s1. The fourth-order valence-corrected chi connectivity index (χ4v) is 3.37. The summed E-state index contributed by atoms with van der Waals surface area (Å²) in [6, 6.07) is 16.8. The van der Waals surface area contributed by atoms with Gasteiger partial charge in [-0.1, -0.05) is 60.7 Å². The van der Waals surface area contributed by atoms with Gasteiger partial charge in [0.2, 0.25) is 0 Å². The Morgan fingerprint density at radius 2 is 1.77 bits per heavy atom. The van der Waals surface area contributed by atoms with Gasteiger partial charge < -0.3 is 19.7 Å². The van der Waals surface area contributed by atoms with Gasteiger partial charge in [0.25, 0.3) is 0 Å². The molecule has 0 saturated heterocycles. The van der Waals surface area contributed by atoms with Gasteiger partial charge in [0.1, 0.15) is 11.6 Å². The van der Waals surface area contributed by atoms with E-state index in [0.717, 1.165) is 22.0 Å². The van der Waals surface area contributed by atoms with E-state index in [1.54, 1.807) is 20.8 Å². The highest BCUT2D eigenvalue weighted by molar-refractivity contribution is 5.86. The van der Waals surface area contributed by atoms with Gasteiger partial charge >= 0.3 is 12.1 Å². The summed E-state index contributed by atoms with van der Waals surface area (Å²) in [7, 11) is 0. The van der Waals surface area contributed by atoms with Crippen LogP contribution in [0.2, 0.25) is 0 Å². The van der Waals surface area contributed by atoms with Crippen molar-refractivity contribution in [2.75, 3.05) is 0 Å². The molecule has 3 aromatic rings. The number of aromatic nitrogens is 1. The van der Waals surface area contributed by atoms with Crippen LogP contribution in [0.1, 0.15) is 31.9 Å². The summed E-state index contributed by atoms with van der Waals surface area (Å²) < 4.78 is 7.30. The van der Waals surface area contributed by atoms with Gasteiger partial charge in [-0.25, -0.2) is 9.59 Å². The Labute approximate surface area is 182 Å². The lowest BCUT2D eigenvalue weighted by molar-refractivity contribution is -0.139. The Morgan fingerprint density at radius 1 is 1.10 bits per heavy atom. The van der Waals surface area contributed by atoms with E-state index >= 15 is 0 Å². The van der Waals surface area contributed by atoms with Crippen LogP contribution in [-0.2, 0) is 22.5 Å². The molecule has 31 heavy (non-hydrogen) atoms. The minimum atomic E-state index is -1.10. The molecule has 1 atom stereocenters. The van der Waals surface area contributed by atoms with Crippen LogP contribution in [0.4, 0.5) is 4.79 Å². The van der Waals surface area contributed by atoms with E-state index < -0.39 is 23.7 Å². The van der Waals surface area contributed by atoms with E-state index in [2.05, 4.69) is 22.0 Å². The van der Waals surface area contributed by atoms with Crippen LogP contribution in [0.15, 0.2) is 66.9 Å². The second kappa shape index (κ2) is 9.51. The van der Waals surface area contributed by atoms with Gasteiger partial charge in [-0.3, -0.25) is 0 Å². The fourth-order valence-electron chi connectivity index (χ4n) is 3.37. The number of ether oxygens (including phenoxy) is 1. The van der Waals surface area contributed by atoms with Gasteiger partial charge in [0.05, 0.1) is 0 Å². The van der Waals surface area contributed by atoms with Crippen molar-refractivity contribution in [2.45, 2.75) is 45.4 Å². The maximum atomic E-state index is 12.1. The molecule has 1 aromatic heterocycles. The molecule has 0 aliphatic carbocycles. The number of alkyl carbamates (subject to hydrolysis) is 1. The monoisotopic (exact) mass is 420 g/mol. The molecule has 162 valence electrons. The average molecular weight is 421 g/mol. The van der Waals surface area contributed by atoms with Crippen LogP contribution in [0.5, 0.6) is 0 Å². The molecule has 0 aliphatic heterocycles. The summed E-state index contributed by atoms with van der Waals surface area (Å²) in [5, 5.41) is 13.1. The second-order valence-corrected chi connectivity index (χ2v) is 8.38. The van der Waals surface area contributed by atoms with Gasteiger partial charge in [-0.15, -0.1) is 0 Å². The number of carbonyl (C=O) groups is 2. The molecule has 0 spiro atoms. The number of carbonyl (C=O) groups excluding carboxylic acids is 1. The molecule has 3 rings (SSSR count). The van der Waals surface area contributed by atoms with E-state index in [-0.39, 0.29) is 6.42 Å². The highest BCUT2D eigenvalue weighted by Gasteiger charge is 2.25. The van der Waals surface area contributed by atoms with Crippen LogP contribution in [0, 0.1) is 0 Å². The third-order valence-corrected chi connectivity index (χ3v) is 4.70. The van der Waals surface area contributed by atoms with Gasteiger partial charge in [-0.2, -0.15) is 0 Å². The first-order valence-electron chi connectivity index (χ1n) is 10.2. The third-order valence-electron chi connectivity index (χ3n) is 4.70. The summed E-state index contributed by atoms with van der Waals surface area (Å²) in [5.74, 6) is -1.10. The largest absolute Gasteiger partial charge is 0.480 e. The molecule has 0 bridgehead atoms. The number of carboxylic acid groups (broad SMARTS) is 1. The van der Waals surface area contributed by atoms with Gasteiger partial charge in [-0.05, 0) is 38.0 Å². The normalized spacial score (nSPS) is 12.7. The Bertz CT molecular complexity index is 1080. The lowest BCUT2D eigenvalue weighted by Crippen LogP contribution is -2.44. The van der Waals surface area contributed by atoms with E-state index in [9.17, 15) is 14.7 Å². The number of fused-ring (bicyclic) bond motifs is 1. The molecule has 0 fully saturated rings. The molecule has 2 N–H and O–H groups in total. The molecule has 6 nitrogen and oxygen atoms in total. The molecular weight excluding hydrogens is 392 g/mol. The SMILES string of the molecule is CC(C)(C)OC(=O)N[C@H](Cc1cn(CC=Cc2ccccc2)c2ccccc12)C(=O)O. The van der Waals surface area contributed by atoms with Crippen molar-refractivity contribution in [1.82, 2.24) is 9.88 Å². The Hall–Kier alpha value is -3.54. The van der Waals surface area contributed by atoms with Crippen molar-refractivity contribution in [3.8, 4) is 0 Å².